The van der Waals surface area contributed by atoms with Gasteiger partial charge in [-0.25, -0.2) is 9.69 Å². The van der Waals surface area contributed by atoms with Crippen LogP contribution in [-0.4, -0.2) is 29.0 Å². The summed E-state index contributed by atoms with van der Waals surface area (Å²) in [6.45, 7) is 3.62. The number of carbonyl (C=O) groups excluding carboxylic acids is 2. The predicted octanol–water partition coefficient (Wildman–Crippen LogP) is 2.26. The van der Waals surface area contributed by atoms with E-state index in [0.29, 0.717) is 6.42 Å². The van der Waals surface area contributed by atoms with Crippen LogP contribution in [0.25, 0.3) is 0 Å². The van der Waals surface area contributed by atoms with E-state index in [1.165, 1.54) is 4.90 Å². The predicted molar refractivity (Wildman–Crippen MR) is 63.3 cm³/mol. The first-order chi connectivity index (χ1) is 8.15. The van der Waals surface area contributed by atoms with E-state index in [4.69, 9.17) is 4.74 Å². The third kappa shape index (κ3) is 2.12. The second-order valence-electron chi connectivity index (χ2n) is 4.42. The Bertz CT molecular complexity index is 386. The summed E-state index contributed by atoms with van der Waals surface area (Å²) in [6.07, 6.45) is 8.48. The van der Waals surface area contributed by atoms with Crippen molar-refractivity contribution in [2.75, 3.05) is 0 Å². The maximum Gasteiger partial charge on any atom is 0.417 e. The van der Waals surface area contributed by atoms with E-state index in [-0.39, 0.29) is 24.0 Å². The molecule has 1 aliphatic heterocycles. The molecule has 0 saturated carbocycles. The third-order valence-corrected chi connectivity index (χ3v) is 3.32. The van der Waals surface area contributed by atoms with Gasteiger partial charge in [0, 0.05) is 12.3 Å². The number of hydrogen-bond acceptors (Lipinski definition) is 3. The number of allylic oxidation sites excluding steroid dienone is 3. The van der Waals surface area contributed by atoms with Gasteiger partial charge in [0.05, 0.1) is 6.04 Å². The number of rotatable bonds is 2. The molecule has 2 aliphatic rings. The van der Waals surface area contributed by atoms with Crippen LogP contribution in [0.3, 0.4) is 0 Å². The summed E-state index contributed by atoms with van der Waals surface area (Å²) in [5.41, 5.74) is 0. The highest BCUT2D eigenvalue weighted by Gasteiger charge is 2.44. The Labute approximate surface area is 101 Å². The van der Waals surface area contributed by atoms with Crippen LogP contribution in [0.4, 0.5) is 4.79 Å². The monoisotopic (exact) mass is 235 g/mol. The summed E-state index contributed by atoms with van der Waals surface area (Å²) >= 11 is 0. The molecule has 1 saturated heterocycles. The van der Waals surface area contributed by atoms with Crippen molar-refractivity contribution in [3.8, 4) is 0 Å². The lowest BCUT2D eigenvalue weighted by Gasteiger charge is -2.24. The zero-order chi connectivity index (χ0) is 12.4. The van der Waals surface area contributed by atoms with Crippen LogP contribution >= 0.6 is 0 Å². The average molecular weight is 235 g/mol. The minimum atomic E-state index is -0.502. The highest BCUT2D eigenvalue weighted by atomic mass is 16.6. The quantitative estimate of drug-likeness (QED) is 0.737. The number of hydrogen-bond donors (Lipinski definition) is 0. The molecule has 0 radical (unpaired) electrons. The van der Waals surface area contributed by atoms with Crippen molar-refractivity contribution < 1.29 is 14.3 Å². The van der Waals surface area contributed by atoms with Crippen LogP contribution in [0.15, 0.2) is 24.3 Å². The van der Waals surface area contributed by atoms with Gasteiger partial charge >= 0.3 is 6.09 Å². The first kappa shape index (κ1) is 11.9. The van der Waals surface area contributed by atoms with E-state index in [1.54, 1.807) is 6.92 Å². The maximum atomic E-state index is 11.7. The normalized spacial score (nSPS) is 31.8. The van der Waals surface area contributed by atoms with Crippen LogP contribution < -0.4 is 0 Å². The van der Waals surface area contributed by atoms with Crippen molar-refractivity contribution in [3.63, 3.8) is 0 Å². The molecule has 1 heterocycles. The molecule has 0 N–H and O–H groups in total. The molecule has 0 aromatic rings. The van der Waals surface area contributed by atoms with Gasteiger partial charge in [0.1, 0.15) is 6.10 Å². The molecule has 1 aliphatic carbocycles. The second kappa shape index (κ2) is 4.73. The van der Waals surface area contributed by atoms with Crippen molar-refractivity contribution in [1.29, 1.82) is 0 Å². The molecule has 92 valence electrons. The molecule has 0 aromatic heterocycles. The fourth-order valence-corrected chi connectivity index (χ4v) is 2.37. The number of imide groups is 1. The van der Waals surface area contributed by atoms with Gasteiger partial charge in [-0.15, -0.1) is 0 Å². The molecule has 2 rings (SSSR count). The minimum Gasteiger partial charge on any atom is -0.443 e. The highest BCUT2D eigenvalue weighted by Crippen LogP contribution is 2.29. The van der Waals surface area contributed by atoms with Crippen molar-refractivity contribution in [2.24, 2.45) is 5.92 Å². The van der Waals surface area contributed by atoms with Gasteiger partial charge in [-0.2, -0.15) is 0 Å². The lowest BCUT2D eigenvalue weighted by atomic mass is 9.91. The van der Waals surface area contributed by atoms with Gasteiger partial charge < -0.3 is 4.74 Å². The van der Waals surface area contributed by atoms with Crippen molar-refractivity contribution in [3.05, 3.63) is 24.3 Å². The Morgan fingerprint density at radius 3 is 2.88 bits per heavy atom. The number of carbonyl (C=O) groups is 2. The summed E-state index contributed by atoms with van der Waals surface area (Å²) in [6, 6.07) is -0.184. The maximum absolute atomic E-state index is 11.7. The minimum absolute atomic E-state index is 0.166. The molecule has 17 heavy (non-hydrogen) atoms. The zero-order valence-corrected chi connectivity index (χ0v) is 10.1. The standard InChI is InChI=1S/C13H17NO3/c1-3-11(15)14-9(2)12(17-13(14)16)10-7-5-4-6-8-10/h4-7,9-10,12H,3,8H2,1-2H3/t9-,10?,12-/m1/s1. The molecule has 1 fully saturated rings. The fourth-order valence-electron chi connectivity index (χ4n) is 2.37. The van der Waals surface area contributed by atoms with Crippen LogP contribution in [0.5, 0.6) is 0 Å². The average Bonchev–Trinajstić information content (AvgIpc) is 2.65. The summed E-state index contributed by atoms with van der Waals surface area (Å²) in [5, 5.41) is 0. The molecule has 1 unspecified atom stereocenters. The Morgan fingerprint density at radius 2 is 2.29 bits per heavy atom. The van der Waals surface area contributed by atoms with Gasteiger partial charge in [0.2, 0.25) is 5.91 Å². The largest absolute Gasteiger partial charge is 0.443 e. The molecule has 4 heteroatoms. The topological polar surface area (TPSA) is 46.6 Å². The Balaban J connectivity index is 2.12. The van der Waals surface area contributed by atoms with Gasteiger partial charge in [0.15, 0.2) is 0 Å². The second-order valence-corrected chi connectivity index (χ2v) is 4.42. The van der Waals surface area contributed by atoms with Gasteiger partial charge in [-0.3, -0.25) is 4.79 Å². The molecular weight excluding hydrogens is 218 g/mol. The summed E-state index contributed by atoms with van der Waals surface area (Å²) in [5.74, 6) is 0.00828. The molecule has 0 aromatic carbocycles. The Kier molecular flexibility index (Phi) is 3.31. The van der Waals surface area contributed by atoms with E-state index >= 15 is 0 Å². The zero-order valence-electron chi connectivity index (χ0n) is 10.1. The molecule has 4 nitrogen and oxygen atoms in total. The van der Waals surface area contributed by atoms with Crippen LogP contribution in [0.2, 0.25) is 0 Å². The van der Waals surface area contributed by atoms with Gasteiger partial charge in [0.25, 0.3) is 0 Å². The summed E-state index contributed by atoms with van der Waals surface area (Å²) in [7, 11) is 0. The lowest BCUT2D eigenvalue weighted by Crippen LogP contribution is -2.40. The first-order valence-corrected chi connectivity index (χ1v) is 6.01. The lowest BCUT2D eigenvalue weighted by molar-refractivity contribution is -0.128. The fraction of sp³-hybridized carbons (Fsp3) is 0.538. The van der Waals surface area contributed by atoms with E-state index < -0.39 is 6.09 Å². The molecule has 3 atom stereocenters. The molecule has 2 amide bonds. The van der Waals surface area contributed by atoms with E-state index in [2.05, 4.69) is 6.08 Å². The third-order valence-electron chi connectivity index (χ3n) is 3.32. The summed E-state index contributed by atoms with van der Waals surface area (Å²) < 4.78 is 5.33. The molecular formula is C13H17NO3. The number of nitrogens with zero attached hydrogens (tertiary/aromatic N) is 1. The first-order valence-electron chi connectivity index (χ1n) is 6.01. The van der Waals surface area contributed by atoms with Gasteiger partial charge in [-0.05, 0) is 13.3 Å². The van der Waals surface area contributed by atoms with Gasteiger partial charge in [-0.1, -0.05) is 31.2 Å². The molecule has 0 bridgehead atoms. The van der Waals surface area contributed by atoms with Crippen molar-refractivity contribution in [2.45, 2.75) is 38.8 Å². The van der Waals surface area contributed by atoms with E-state index in [9.17, 15) is 9.59 Å². The van der Waals surface area contributed by atoms with E-state index in [0.717, 1.165) is 6.42 Å². The summed E-state index contributed by atoms with van der Waals surface area (Å²) in [4.78, 5) is 24.6. The van der Waals surface area contributed by atoms with Crippen LogP contribution in [0, 0.1) is 5.92 Å². The SMILES string of the molecule is CCC(=O)N1C(=O)O[C@@H](C2C=CC=CC2)[C@H]1C. The Morgan fingerprint density at radius 1 is 1.53 bits per heavy atom. The Hall–Kier alpha value is -1.58. The van der Waals surface area contributed by atoms with Crippen molar-refractivity contribution in [1.82, 2.24) is 4.90 Å². The van der Waals surface area contributed by atoms with Crippen molar-refractivity contribution >= 4 is 12.0 Å². The van der Waals surface area contributed by atoms with E-state index in [1.807, 2.05) is 25.2 Å². The number of ether oxygens (including phenoxy) is 1. The smallest absolute Gasteiger partial charge is 0.417 e. The van der Waals surface area contributed by atoms with Crippen LogP contribution in [0.1, 0.15) is 26.7 Å². The highest BCUT2D eigenvalue weighted by molar-refractivity contribution is 5.93. The van der Waals surface area contributed by atoms with Crippen LogP contribution in [-0.2, 0) is 9.53 Å². The number of cyclic esters (lactones) is 1. The number of amides is 2. The molecule has 0 spiro atoms.